The second-order valence-corrected chi connectivity index (χ2v) is 9.70. The number of aromatic nitrogens is 2. The maximum Gasteiger partial charge on any atom is 0.270 e. The predicted octanol–water partition coefficient (Wildman–Crippen LogP) is 2.53. The number of fused-ring (bicyclic) bond motifs is 6. The number of phenols is 1. The SMILES string of the molecule is O=C1CCCN(C(=O)c2cnc3ccccn3c2=O)CCNC(=O)c2ccc(F)c(c2)-c2cc(ccc2O)CCN1. The summed E-state index contributed by atoms with van der Waals surface area (Å²) in [7, 11) is 0. The molecule has 0 saturated heterocycles. The van der Waals surface area contributed by atoms with Crippen LogP contribution in [0.5, 0.6) is 5.75 Å². The fourth-order valence-corrected chi connectivity index (χ4v) is 4.76. The van der Waals surface area contributed by atoms with E-state index in [1.165, 1.54) is 39.9 Å². The van der Waals surface area contributed by atoms with Crippen molar-refractivity contribution in [2.75, 3.05) is 26.2 Å². The molecule has 10 nitrogen and oxygen atoms in total. The van der Waals surface area contributed by atoms with Gasteiger partial charge in [0, 0.05) is 61.7 Å². The molecule has 0 radical (unpaired) electrons. The Balaban J connectivity index is 1.42. The highest BCUT2D eigenvalue weighted by Crippen LogP contribution is 2.33. The van der Waals surface area contributed by atoms with E-state index in [0.29, 0.717) is 25.0 Å². The van der Waals surface area contributed by atoms with Crippen molar-refractivity contribution in [2.24, 2.45) is 0 Å². The second-order valence-electron chi connectivity index (χ2n) is 9.70. The van der Waals surface area contributed by atoms with E-state index < -0.39 is 23.2 Å². The summed E-state index contributed by atoms with van der Waals surface area (Å²) in [6.45, 7) is 0.573. The number of hydrogen-bond donors (Lipinski definition) is 3. The third kappa shape index (κ3) is 6.08. The standard InChI is InChI=1S/C30H28FN5O5/c31-24-8-7-20-17-21(24)22-16-19(6-9-25(22)37)10-11-32-27(38)5-3-13-35(15-12-33-28(20)39)29(40)23-18-34-26-4-1-2-14-36(26)30(23)41/h1-2,4,6-9,14,16-18,37H,3,5,10-13,15H2,(H,32,38)(H,33,39). The van der Waals surface area contributed by atoms with E-state index in [-0.39, 0.29) is 60.0 Å². The van der Waals surface area contributed by atoms with Crippen molar-refractivity contribution in [1.29, 1.82) is 0 Å². The van der Waals surface area contributed by atoms with E-state index in [9.17, 15) is 28.7 Å². The molecule has 5 rings (SSSR count). The zero-order valence-corrected chi connectivity index (χ0v) is 22.1. The second kappa shape index (κ2) is 12.0. The van der Waals surface area contributed by atoms with Crippen LogP contribution in [0.2, 0.25) is 0 Å². The molecule has 3 amide bonds. The maximum atomic E-state index is 14.8. The molecule has 210 valence electrons. The average Bonchev–Trinajstić information content (AvgIpc) is 2.97. The monoisotopic (exact) mass is 557 g/mol. The number of pyridine rings is 1. The number of halogens is 1. The molecule has 2 aromatic heterocycles. The van der Waals surface area contributed by atoms with Crippen LogP contribution in [0.4, 0.5) is 4.39 Å². The van der Waals surface area contributed by atoms with Crippen LogP contribution in [0, 0.1) is 5.82 Å². The van der Waals surface area contributed by atoms with Gasteiger partial charge >= 0.3 is 0 Å². The lowest BCUT2D eigenvalue weighted by atomic mass is 9.98. The Bertz CT molecular complexity index is 1700. The number of carbonyl (C=O) groups excluding carboxylic acids is 3. The van der Waals surface area contributed by atoms with Gasteiger partial charge in [0.1, 0.15) is 22.8 Å². The molecule has 41 heavy (non-hydrogen) atoms. The maximum absolute atomic E-state index is 14.8. The number of aromatic hydroxyl groups is 1. The number of carbonyl (C=O) groups is 3. The first-order chi connectivity index (χ1) is 19.8. The number of nitrogens with zero attached hydrogens (tertiary/aromatic N) is 3. The normalized spacial score (nSPS) is 15.0. The Morgan fingerprint density at radius 1 is 0.927 bits per heavy atom. The molecule has 0 fully saturated rings. The summed E-state index contributed by atoms with van der Waals surface area (Å²) in [5.41, 5.74) is 0.978. The number of hydrogen-bond acceptors (Lipinski definition) is 6. The molecule has 0 atom stereocenters. The molecule has 0 spiro atoms. The van der Waals surface area contributed by atoms with Crippen LogP contribution < -0.4 is 16.2 Å². The summed E-state index contributed by atoms with van der Waals surface area (Å²) in [6.07, 6.45) is 3.67. The Morgan fingerprint density at radius 3 is 2.63 bits per heavy atom. The van der Waals surface area contributed by atoms with Gasteiger partial charge < -0.3 is 20.6 Å². The van der Waals surface area contributed by atoms with Crippen LogP contribution in [-0.4, -0.2) is 63.3 Å². The number of benzene rings is 2. The lowest BCUT2D eigenvalue weighted by Crippen LogP contribution is -2.41. The lowest BCUT2D eigenvalue weighted by Gasteiger charge is -2.23. The smallest absolute Gasteiger partial charge is 0.270 e. The lowest BCUT2D eigenvalue weighted by molar-refractivity contribution is -0.121. The summed E-state index contributed by atoms with van der Waals surface area (Å²) >= 11 is 0. The van der Waals surface area contributed by atoms with Gasteiger partial charge in [0.05, 0.1) is 0 Å². The Labute approximate surface area is 234 Å². The molecule has 4 bridgehead atoms. The molecule has 3 heterocycles. The van der Waals surface area contributed by atoms with E-state index in [0.717, 1.165) is 11.6 Å². The van der Waals surface area contributed by atoms with Gasteiger partial charge in [-0.3, -0.25) is 23.6 Å². The van der Waals surface area contributed by atoms with Crippen molar-refractivity contribution in [1.82, 2.24) is 24.9 Å². The predicted molar refractivity (Wildman–Crippen MR) is 149 cm³/mol. The van der Waals surface area contributed by atoms with E-state index >= 15 is 0 Å². The minimum atomic E-state index is -0.608. The summed E-state index contributed by atoms with van der Waals surface area (Å²) in [5, 5.41) is 16.0. The van der Waals surface area contributed by atoms with Gasteiger partial charge in [-0.1, -0.05) is 12.1 Å². The van der Waals surface area contributed by atoms with Crippen LogP contribution in [0.25, 0.3) is 16.8 Å². The van der Waals surface area contributed by atoms with Gasteiger partial charge in [0.2, 0.25) is 5.91 Å². The van der Waals surface area contributed by atoms with Crippen molar-refractivity contribution < 1.29 is 23.9 Å². The number of phenolic OH excluding ortho intramolecular Hbond substituents is 1. The third-order valence-electron chi connectivity index (χ3n) is 6.95. The van der Waals surface area contributed by atoms with Crippen LogP contribution >= 0.6 is 0 Å². The van der Waals surface area contributed by atoms with E-state index in [1.807, 2.05) is 0 Å². The van der Waals surface area contributed by atoms with Gasteiger partial charge in [-0.15, -0.1) is 0 Å². The molecule has 4 aromatic rings. The average molecular weight is 558 g/mol. The first-order valence-corrected chi connectivity index (χ1v) is 13.2. The Kier molecular flexibility index (Phi) is 8.04. The van der Waals surface area contributed by atoms with Crippen molar-refractivity contribution in [3.8, 4) is 16.9 Å². The molecule has 3 N–H and O–H groups in total. The van der Waals surface area contributed by atoms with Crippen molar-refractivity contribution in [3.05, 3.63) is 99.9 Å². The van der Waals surface area contributed by atoms with Gasteiger partial charge in [-0.05, 0) is 60.9 Å². The highest BCUT2D eigenvalue weighted by atomic mass is 19.1. The molecule has 0 unspecified atom stereocenters. The first kappa shape index (κ1) is 27.5. The van der Waals surface area contributed by atoms with Crippen LogP contribution in [0.15, 0.2) is 71.8 Å². The van der Waals surface area contributed by atoms with E-state index in [4.69, 9.17) is 0 Å². The highest BCUT2D eigenvalue weighted by molar-refractivity contribution is 5.96. The minimum absolute atomic E-state index is 0.0343. The highest BCUT2D eigenvalue weighted by Gasteiger charge is 2.21. The molecule has 0 saturated carbocycles. The minimum Gasteiger partial charge on any atom is -0.507 e. The summed E-state index contributed by atoms with van der Waals surface area (Å²) < 4.78 is 16.1. The molecule has 11 heteroatoms. The Morgan fingerprint density at radius 2 is 1.78 bits per heavy atom. The first-order valence-electron chi connectivity index (χ1n) is 13.2. The van der Waals surface area contributed by atoms with Crippen LogP contribution in [-0.2, 0) is 11.2 Å². The summed E-state index contributed by atoms with van der Waals surface area (Å²) in [4.78, 5) is 57.5. The van der Waals surface area contributed by atoms with Crippen molar-refractivity contribution in [3.63, 3.8) is 0 Å². The number of nitrogens with one attached hydrogen (secondary N) is 2. The summed E-state index contributed by atoms with van der Waals surface area (Å²) in [6, 6.07) is 13.7. The fraction of sp³-hybridized carbons (Fsp3) is 0.233. The Hall–Kier alpha value is -5.06. The molecule has 0 aliphatic carbocycles. The van der Waals surface area contributed by atoms with E-state index in [2.05, 4.69) is 15.6 Å². The fourth-order valence-electron chi connectivity index (χ4n) is 4.76. The molecule has 2 aromatic carbocycles. The van der Waals surface area contributed by atoms with Crippen molar-refractivity contribution >= 4 is 23.4 Å². The van der Waals surface area contributed by atoms with Gasteiger partial charge in [-0.2, -0.15) is 0 Å². The van der Waals surface area contributed by atoms with Gasteiger partial charge in [0.15, 0.2) is 0 Å². The molecule has 1 aliphatic heterocycles. The third-order valence-corrected chi connectivity index (χ3v) is 6.95. The molecule has 1 aliphatic rings. The van der Waals surface area contributed by atoms with Gasteiger partial charge in [0.25, 0.3) is 17.4 Å². The number of rotatable bonds is 1. The zero-order chi connectivity index (χ0) is 28.9. The largest absolute Gasteiger partial charge is 0.507 e. The van der Waals surface area contributed by atoms with E-state index in [1.54, 1.807) is 30.3 Å². The van der Waals surface area contributed by atoms with Crippen molar-refractivity contribution in [2.45, 2.75) is 19.3 Å². The molecular weight excluding hydrogens is 529 g/mol. The van der Waals surface area contributed by atoms with Crippen LogP contribution in [0.3, 0.4) is 0 Å². The number of amides is 3. The van der Waals surface area contributed by atoms with Crippen LogP contribution in [0.1, 0.15) is 39.1 Å². The quantitative estimate of drug-likeness (QED) is 0.330. The van der Waals surface area contributed by atoms with Gasteiger partial charge in [-0.25, -0.2) is 9.37 Å². The molecular formula is C30H28FN5O5. The summed E-state index contributed by atoms with van der Waals surface area (Å²) in [5.74, 6) is -2.03. The zero-order valence-electron chi connectivity index (χ0n) is 22.1. The topological polar surface area (TPSA) is 133 Å².